The van der Waals surface area contributed by atoms with Gasteiger partial charge in [-0.3, -0.25) is 4.79 Å². The summed E-state index contributed by atoms with van der Waals surface area (Å²) in [6.45, 7) is 6.32. The Balaban J connectivity index is 2.29. The van der Waals surface area contributed by atoms with Crippen LogP contribution in [0.4, 0.5) is 16.5 Å². The van der Waals surface area contributed by atoms with Crippen molar-refractivity contribution in [1.82, 2.24) is 4.98 Å². The van der Waals surface area contributed by atoms with Crippen molar-refractivity contribution in [3.8, 4) is 0 Å². The fourth-order valence-electron chi connectivity index (χ4n) is 1.68. The third kappa shape index (κ3) is 2.91. The zero-order valence-corrected chi connectivity index (χ0v) is 12.5. The maximum absolute atomic E-state index is 11.3. The van der Waals surface area contributed by atoms with E-state index in [0.717, 1.165) is 10.8 Å². The molecule has 5 nitrogen and oxygen atoms in total. The Kier molecular flexibility index (Phi) is 3.67. The highest BCUT2D eigenvalue weighted by atomic mass is 32.1. The van der Waals surface area contributed by atoms with Gasteiger partial charge in [0.15, 0.2) is 5.13 Å². The van der Waals surface area contributed by atoms with Crippen LogP contribution in [0.1, 0.15) is 36.8 Å². The summed E-state index contributed by atoms with van der Waals surface area (Å²) in [7, 11) is 0. The molecule has 1 aromatic heterocycles. The van der Waals surface area contributed by atoms with E-state index in [2.05, 4.69) is 31.1 Å². The summed E-state index contributed by atoms with van der Waals surface area (Å²) in [4.78, 5) is 15.8. The van der Waals surface area contributed by atoms with Crippen LogP contribution in [-0.4, -0.2) is 10.9 Å². The molecule has 0 radical (unpaired) electrons. The van der Waals surface area contributed by atoms with Crippen molar-refractivity contribution in [2.45, 2.75) is 26.2 Å². The van der Waals surface area contributed by atoms with Gasteiger partial charge in [-0.15, -0.1) is 11.3 Å². The molecule has 1 amide bonds. The Hall–Kier alpha value is -2.08. The molecule has 0 unspecified atom stereocenters. The number of primary amides is 1. The molecule has 2 aromatic rings. The van der Waals surface area contributed by atoms with E-state index < -0.39 is 5.91 Å². The number of para-hydroxylation sites is 1. The van der Waals surface area contributed by atoms with Crippen LogP contribution in [0.3, 0.4) is 0 Å². The molecule has 0 spiro atoms. The zero-order valence-electron chi connectivity index (χ0n) is 11.7. The van der Waals surface area contributed by atoms with Gasteiger partial charge in [0.1, 0.15) is 0 Å². The Morgan fingerprint density at radius 2 is 2.05 bits per heavy atom. The molecule has 0 atom stereocenters. The highest BCUT2D eigenvalue weighted by Crippen LogP contribution is 2.31. The number of anilines is 3. The Labute approximate surface area is 122 Å². The first-order valence-corrected chi connectivity index (χ1v) is 7.08. The summed E-state index contributed by atoms with van der Waals surface area (Å²) in [5.41, 5.74) is 13.5. The number of benzene rings is 1. The molecule has 0 aliphatic carbocycles. The number of thiazole rings is 1. The number of aromatic nitrogens is 1. The number of nitrogens with two attached hydrogens (primary N) is 2. The summed E-state index contributed by atoms with van der Waals surface area (Å²) in [6.07, 6.45) is 0. The topological polar surface area (TPSA) is 94.0 Å². The van der Waals surface area contributed by atoms with E-state index in [9.17, 15) is 4.79 Å². The molecule has 0 saturated carbocycles. The van der Waals surface area contributed by atoms with E-state index in [1.54, 1.807) is 18.2 Å². The number of hydrogen-bond donors (Lipinski definition) is 3. The SMILES string of the molecule is CC(C)(C)c1csc(Nc2cccc(C(N)=O)c2N)n1. The van der Waals surface area contributed by atoms with E-state index in [4.69, 9.17) is 11.5 Å². The number of amides is 1. The molecule has 0 saturated heterocycles. The summed E-state index contributed by atoms with van der Waals surface area (Å²) in [5.74, 6) is -0.541. The van der Waals surface area contributed by atoms with Crippen LogP contribution in [0, 0.1) is 0 Å². The van der Waals surface area contributed by atoms with Crippen molar-refractivity contribution in [1.29, 1.82) is 0 Å². The van der Waals surface area contributed by atoms with Gasteiger partial charge in [-0.1, -0.05) is 26.8 Å². The first-order valence-electron chi connectivity index (χ1n) is 6.20. The van der Waals surface area contributed by atoms with Gasteiger partial charge >= 0.3 is 0 Å². The predicted octanol–water partition coefficient (Wildman–Crippen LogP) is 2.87. The van der Waals surface area contributed by atoms with Gasteiger partial charge in [-0.2, -0.15) is 0 Å². The van der Waals surface area contributed by atoms with Crippen molar-refractivity contribution >= 4 is 33.8 Å². The minimum Gasteiger partial charge on any atom is -0.396 e. The molecule has 1 aromatic carbocycles. The standard InChI is InChI=1S/C14H18N4OS/c1-14(2,3)10-7-20-13(18-10)17-9-6-4-5-8(11(9)15)12(16)19/h4-7H,15H2,1-3H3,(H2,16,19)(H,17,18). The average molecular weight is 290 g/mol. The molecule has 20 heavy (non-hydrogen) atoms. The molecule has 6 heteroatoms. The zero-order chi connectivity index (χ0) is 14.9. The minimum absolute atomic E-state index is 0.00293. The molecule has 2 rings (SSSR count). The van der Waals surface area contributed by atoms with Gasteiger partial charge in [0.2, 0.25) is 0 Å². The molecule has 106 valence electrons. The van der Waals surface area contributed by atoms with Gasteiger partial charge < -0.3 is 16.8 Å². The number of hydrogen-bond acceptors (Lipinski definition) is 5. The molecule has 1 heterocycles. The van der Waals surface area contributed by atoms with E-state index >= 15 is 0 Å². The minimum atomic E-state index is -0.541. The van der Waals surface area contributed by atoms with Gasteiger partial charge in [0.05, 0.1) is 22.6 Å². The molecule has 0 fully saturated rings. The normalized spacial score (nSPS) is 11.3. The Morgan fingerprint density at radius 1 is 1.35 bits per heavy atom. The second-order valence-corrected chi connectivity index (χ2v) is 6.40. The Morgan fingerprint density at radius 3 is 2.60 bits per heavy atom. The number of nitrogens with one attached hydrogen (secondary N) is 1. The lowest BCUT2D eigenvalue weighted by molar-refractivity contribution is 0.100. The summed E-state index contributed by atoms with van der Waals surface area (Å²) in [5, 5.41) is 5.88. The van der Waals surface area contributed by atoms with Crippen LogP contribution < -0.4 is 16.8 Å². The highest BCUT2D eigenvalue weighted by Gasteiger charge is 2.18. The summed E-state index contributed by atoms with van der Waals surface area (Å²) in [6, 6.07) is 5.13. The van der Waals surface area contributed by atoms with Crippen LogP contribution in [0.2, 0.25) is 0 Å². The summed E-state index contributed by atoms with van der Waals surface area (Å²) < 4.78 is 0. The molecule has 0 aliphatic rings. The van der Waals surface area contributed by atoms with Crippen LogP contribution in [-0.2, 0) is 5.41 Å². The van der Waals surface area contributed by atoms with Crippen LogP contribution in [0.15, 0.2) is 23.6 Å². The largest absolute Gasteiger partial charge is 0.396 e. The average Bonchev–Trinajstić information content (AvgIpc) is 2.80. The fourth-order valence-corrected chi connectivity index (χ4v) is 2.63. The number of rotatable bonds is 3. The Bertz CT molecular complexity index is 643. The third-order valence-electron chi connectivity index (χ3n) is 2.89. The second-order valence-electron chi connectivity index (χ2n) is 5.54. The molecule has 0 bridgehead atoms. The fraction of sp³-hybridized carbons (Fsp3) is 0.286. The quantitative estimate of drug-likeness (QED) is 0.758. The number of carbonyl (C=O) groups is 1. The predicted molar refractivity (Wildman–Crippen MR) is 83.5 cm³/mol. The van der Waals surface area contributed by atoms with Crippen molar-refractivity contribution in [2.24, 2.45) is 5.73 Å². The van der Waals surface area contributed by atoms with Gasteiger partial charge in [-0.25, -0.2) is 4.98 Å². The molecule has 5 N–H and O–H groups in total. The van der Waals surface area contributed by atoms with Gasteiger partial charge in [0, 0.05) is 10.8 Å². The van der Waals surface area contributed by atoms with Crippen molar-refractivity contribution < 1.29 is 4.79 Å². The van der Waals surface area contributed by atoms with Gasteiger partial charge in [-0.05, 0) is 12.1 Å². The smallest absolute Gasteiger partial charge is 0.250 e. The highest BCUT2D eigenvalue weighted by molar-refractivity contribution is 7.13. The van der Waals surface area contributed by atoms with Crippen LogP contribution >= 0.6 is 11.3 Å². The van der Waals surface area contributed by atoms with E-state index in [1.165, 1.54) is 11.3 Å². The molecule has 0 aliphatic heterocycles. The lowest BCUT2D eigenvalue weighted by atomic mass is 9.93. The van der Waals surface area contributed by atoms with Crippen LogP contribution in [0.5, 0.6) is 0 Å². The number of carbonyl (C=O) groups excluding carboxylic acids is 1. The lowest BCUT2D eigenvalue weighted by Gasteiger charge is -2.14. The first kappa shape index (κ1) is 14.3. The first-order chi connectivity index (χ1) is 9.29. The number of nitrogens with zero attached hydrogens (tertiary/aromatic N) is 1. The molecular weight excluding hydrogens is 272 g/mol. The maximum atomic E-state index is 11.3. The van der Waals surface area contributed by atoms with Crippen molar-refractivity contribution in [3.63, 3.8) is 0 Å². The maximum Gasteiger partial charge on any atom is 0.250 e. The van der Waals surface area contributed by atoms with Crippen molar-refractivity contribution in [3.05, 3.63) is 34.8 Å². The van der Waals surface area contributed by atoms with E-state index in [-0.39, 0.29) is 5.41 Å². The molecular formula is C14H18N4OS. The second kappa shape index (κ2) is 5.13. The lowest BCUT2D eigenvalue weighted by Crippen LogP contribution is -2.14. The monoisotopic (exact) mass is 290 g/mol. The van der Waals surface area contributed by atoms with Crippen LogP contribution in [0.25, 0.3) is 0 Å². The number of nitrogen functional groups attached to an aromatic ring is 1. The van der Waals surface area contributed by atoms with E-state index in [0.29, 0.717) is 16.9 Å². The van der Waals surface area contributed by atoms with E-state index in [1.807, 2.05) is 5.38 Å². The summed E-state index contributed by atoms with van der Waals surface area (Å²) >= 11 is 1.50. The van der Waals surface area contributed by atoms with Gasteiger partial charge in [0.25, 0.3) is 5.91 Å². The van der Waals surface area contributed by atoms with Crippen molar-refractivity contribution in [2.75, 3.05) is 11.1 Å². The third-order valence-corrected chi connectivity index (χ3v) is 3.64.